The summed E-state index contributed by atoms with van der Waals surface area (Å²) < 4.78 is 10.2. The average Bonchev–Trinajstić information content (AvgIpc) is 2.15. The van der Waals surface area contributed by atoms with Crippen molar-refractivity contribution < 1.29 is 9.47 Å². The highest BCUT2D eigenvalue weighted by Gasteiger charge is 1.99. The predicted molar refractivity (Wildman–Crippen MR) is 57.4 cm³/mol. The number of anilines is 1. The van der Waals surface area contributed by atoms with Crippen molar-refractivity contribution in [3.05, 3.63) is 28.8 Å². The molecule has 0 fully saturated rings. The second-order valence-corrected chi connectivity index (χ2v) is 3.32. The van der Waals surface area contributed by atoms with E-state index in [4.69, 9.17) is 26.8 Å². The number of ether oxygens (including phenoxy) is 2. The van der Waals surface area contributed by atoms with E-state index in [1.807, 2.05) is 6.07 Å². The molecule has 0 aliphatic rings. The lowest BCUT2D eigenvalue weighted by atomic mass is 10.2. The van der Waals surface area contributed by atoms with Gasteiger partial charge in [-0.05, 0) is 12.1 Å². The Balaban J connectivity index is 2.42. The van der Waals surface area contributed by atoms with Crippen LogP contribution in [-0.4, -0.2) is 20.3 Å². The number of methoxy groups -OCH3 is 1. The van der Waals surface area contributed by atoms with Crippen molar-refractivity contribution in [3.8, 4) is 0 Å². The highest BCUT2D eigenvalue weighted by atomic mass is 35.5. The van der Waals surface area contributed by atoms with E-state index in [0.29, 0.717) is 30.5 Å². The number of benzene rings is 1. The van der Waals surface area contributed by atoms with Gasteiger partial charge in [-0.3, -0.25) is 0 Å². The molecule has 0 unspecified atom stereocenters. The maximum atomic E-state index is 5.76. The molecule has 0 bridgehead atoms. The van der Waals surface area contributed by atoms with Crippen LogP contribution < -0.4 is 5.73 Å². The second-order valence-electron chi connectivity index (χ2n) is 2.89. The van der Waals surface area contributed by atoms with E-state index >= 15 is 0 Å². The molecule has 2 N–H and O–H groups in total. The van der Waals surface area contributed by atoms with E-state index in [9.17, 15) is 0 Å². The minimum atomic E-state index is 0.492. The number of hydrogen-bond donors (Lipinski definition) is 1. The molecular formula is C10H14ClNO2. The quantitative estimate of drug-likeness (QED) is 0.604. The Kier molecular flexibility index (Phi) is 4.73. The minimum Gasteiger partial charge on any atom is -0.398 e. The van der Waals surface area contributed by atoms with E-state index in [0.717, 1.165) is 5.56 Å². The number of nitrogens with two attached hydrogens (primary N) is 1. The first kappa shape index (κ1) is 11.3. The molecule has 4 heteroatoms. The lowest BCUT2D eigenvalue weighted by Crippen LogP contribution is -2.03. The molecule has 3 nitrogen and oxygen atoms in total. The maximum Gasteiger partial charge on any atom is 0.0738 e. The Bertz CT molecular complexity index is 291. The Morgan fingerprint density at radius 3 is 2.79 bits per heavy atom. The van der Waals surface area contributed by atoms with Crippen molar-refractivity contribution in [2.24, 2.45) is 0 Å². The fraction of sp³-hybridized carbons (Fsp3) is 0.400. The smallest absolute Gasteiger partial charge is 0.0738 e. The normalized spacial score (nSPS) is 10.4. The molecule has 1 rings (SSSR count). The van der Waals surface area contributed by atoms with Gasteiger partial charge in [0.15, 0.2) is 0 Å². The molecule has 0 spiro atoms. The van der Waals surface area contributed by atoms with Gasteiger partial charge in [0.05, 0.1) is 19.8 Å². The SMILES string of the molecule is COCCOCc1ccc(Cl)cc1N. The van der Waals surface area contributed by atoms with Gasteiger partial charge in [0.2, 0.25) is 0 Å². The molecule has 0 amide bonds. The summed E-state index contributed by atoms with van der Waals surface area (Å²) in [6, 6.07) is 5.38. The Hall–Kier alpha value is -0.770. The van der Waals surface area contributed by atoms with Crippen LogP contribution in [0.4, 0.5) is 5.69 Å². The molecule has 0 aromatic heterocycles. The first-order valence-electron chi connectivity index (χ1n) is 4.34. The monoisotopic (exact) mass is 215 g/mol. The van der Waals surface area contributed by atoms with Crippen LogP contribution in [0.5, 0.6) is 0 Å². The summed E-state index contributed by atoms with van der Waals surface area (Å²) in [4.78, 5) is 0. The van der Waals surface area contributed by atoms with Gasteiger partial charge < -0.3 is 15.2 Å². The minimum absolute atomic E-state index is 0.492. The highest BCUT2D eigenvalue weighted by molar-refractivity contribution is 6.30. The fourth-order valence-corrected chi connectivity index (χ4v) is 1.20. The highest BCUT2D eigenvalue weighted by Crippen LogP contribution is 2.18. The van der Waals surface area contributed by atoms with E-state index in [1.54, 1.807) is 19.2 Å². The van der Waals surface area contributed by atoms with Crippen LogP contribution in [0.3, 0.4) is 0 Å². The zero-order chi connectivity index (χ0) is 10.4. The van der Waals surface area contributed by atoms with E-state index in [2.05, 4.69) is 0 Å². The van der Waals surface area contributed by atoms with Gasteiger partial charge in [-0.2, -0.15) is 0 Å². The van der Waals surface area contributed by atoms with Gasteiger partial charge in [-0.1, -0.05) is 17.7 Å². The zero-order valence-corrected chi connectivity index (χ0v) is 8.88. The summed E-state index contributed by atoms with van der Waals surface area (Å²) in [7, 11) is 1.64. The first-order chi connectivity index (χ1) is 6.74. The Morgan fingerprint density at radius 2 is 2.14 bits per heavy atom. The standard InChI is InChI=1S/C10H14ClNO2/c1-13-4-5-14-7-8-2-3-9(11)6-10(8)12/h2-3,6H,4-5,7,12H2,1H3. The molecule has 0 saturated heterocycles. The second kappa shape index (κ2) is 5.86. The molecular weight excluding hydrogens is 202 g/mol. The molecule has 14 heavy (non-hydrogen) atoms. The Labute approximate surface area is 88.8 Å². The zero-order valence-electron chi connectivity index (χ0n) is 8.13. The van der Waals surface area contributed by atoms with Crippen LogP contribution in [0.15, 0.2) is 18.2 Å². The summed E-state index contributed by atoms with van der Waals surface area (Å²) in [5.41, 5.74) is 7.35. The molecule has 0 saturated carbocycles. The topological polar surface area (TPSA) is 44.5 Å². The van der Waals surface area contributed by atoms with Crippen molar-refractivity contribution in [2.75, 3.05) is 26.1 Å². The van der Waals surface area contributed by atoms with Gasteiger partial charge >= 0.3 is 0 Å². The van der Waals surface area contributed by atoms with Crippen LogP contribution in [0.25, 0.3) is 0 Å². The summed E-state index contributed by atoms with van der Waals surface area (Å²) >= 11 is 5.76. The van der Waals surface area contributed by atoms with Crippen LogP contribution in [0, 0.1) is 0 Å². The predicted octanol–water partition coefficient (Wildman–Crippen LogP) is 2.09. The van der Waals surface area contributed by atoms with Gasteiger partial charge in [0, 0.05) is 23.4 Å². The van der Waals surface area contributed by atoms with E-state index < -0.39 is 0 Å². The lowest BCUT2D eigenvalue weighted by molar-refractivity contribution is 0.0619. The molecule has 1 aromatic carbocycles. The number of rotatable bonds is 5. The van der Waals surface area contributed by atoms with Crippen LogP contribution >= 0.6 is 11.6 Å². The van der Waals surface area contributed by atoms with Gasteiger partial charge in [0.1, 0.15) is 0 Å². The van der Waals surface area contributed by atoms with Gasteiger partial charge in [-0.25, -0.2) is 0 Å². The van der Waals surface area contributed by atoms with Crippen LogP contribution in [-0.2, 0) is 16.1 Å². The summed E-state index contributed by atoms with van der Waals surface area (Å²) in [5, 5.41) is 0.642. The lowest BCUT2D eigenvalue weighted by Gasteiger charge is -2.06. The first-order valence-corrected chi connectivity index (χ1v) is 4.72. The molecule has 1 aromatic rings. The number of hydrogen-bond acceptors (Lipinski definition) is 3. The van der Waals surface area contributed by atoms with Crippen molar-refractivity contribution in [2.45, 2.75) is 6.61 Å². The van der Waals surface area contributed by atoms with E-state index in [1.165, 1.54) is 0 Å². The molecule has 0 radical (unpaired) electrons. The fourth-order valence-electron chi connectivity index (χ4n) is 1.02. The van der Waals surface area contributed by atoms with Gasteiger partial charge in [-0.15, -0.1) is 0 Å². The maximum absolute atomic E-state index is 5.76. The largest absolute Gasteiger partial charge is 0.398 e. The molecule has 78 valence electrons. The van der Waals surface area contributed by atoms with Crippen LogP contribution in [0.2, 0.25) is 5.02 Å². The van der Waals surface area contributed by atoms with Crippen LogP contribution in [0.1, 0.15) is 5.56 Å². The number of nitrogen functional groups attached to an aromatic ring is 1. The van der Waals surface area contributed by atoms with Crippen molar-refractivity contribution >= 4 is 17.3 Å². The molecule has 0 atom stereocenters. The summed E-state index contributed by atoms with van der Waals surface area (Å²) in [6.07, 6.45) is 0. The van der Waals surface area contributed by atoms with E-state index in [-0.39, 0.29) is 0 Å². The Morgan fingerprint density at radius 1 is 1.36 bits per heavy atom. The van der Waals surface area contributed by atoms with Crippen molar-refractivity contribution in [1.29, 1.82) is 0 Å². The third-order valence-corrected chi connectivity index (χ3v) is 2.03. The molecule has 0 heterocycles. The summed E-state index contributed by atoms with van der Waals surface area (Å²) in [5.74, 6) is 0. The third kappa shape index (κ3) is 3.54. The average molecular weight is 216 g/mol. The number of halogens is 1. The molecule has 0 aliphatic heterocycles. The molecule has 0 aliphatic carbocycles. The summed E-state index contributed by atoms with van der Waals surface area (Å²) in [6.45, 7) is 1.65. The van der Waals surface area contributed by atoms with Crippen molar-refractivity contribution in [3.63, 3.8) is 0 Å². The van der Waals surface area contributed by atoms with Crippen molar-refractivity contribution in [1.82, 2.24) is 0 Å². The van der Waals surface area contributed by atoms with Gasteiger partial charge in [0.25, 0.3) is 0 Å². The third-order valence-electron chi connectivity index (χ3n) is 1.80.